The standard InChI is InChI=1S/C11H13NO/c1-2-8-12-10(4-1)6-7-11-5-3-9-13-11/h1-2,4,6-8,11H,3,5,9H2/b7-6+. The number of ether oxygens (including phenoxy) is 1. The van der Waals surface area contributed by atoms with E-state index in [9.17, 15) is 0 Å². The van der Waals surface area contributed by atoms with Gasteiger partial charge >= 0.3 is 0 Å². The maximum absolute atomic E-state index is 5.46. The molecule has 1 aliphatic heterocycles. The van der Waals surface area contributed by atoms with Crippen molar-refractivity contribution in [1.29, 1.82) is 0 Å². The number of pyridine rings is 1. The smallest absolute Gasteiger partial charge is 0.0760 e. The molecule has 68 valence electrons. The maximum atomic E-state index is 5.46. The highest BCUT2D eigenvalue weighted by molar-refractivity contribution is 5.44. The van der Waals surface area contributed by atoms with Crippen LogP contribution >= 0.6 is 0 Å². The molecule has 2 nitrogen and oxygen atoms in total. The number of rotatable bonds is 2. The molecule has 1 unspecified atom stereocenters. The van der Waals surface area contributed by atoms with Gasteiger partial charge in [0.1, 0.15) is 0 Å². The molecule has 0 radical (unpaired) electrons. The van der Waals surface area contributed by atoms with Gasteiger partial charge in [-0.25, -0.2) is 0 Å². The zero-order valence-corrected chi connectivity index (χ0v) is 7.52. The predicted molar refractivity (Wildman–Crippen MR) is 52.2 cm³/mol. The zero-order valence-electron chi connectivity index (χ0n) is 7.52. The van der Waals surface area contributed by atoms with E-state index in [1.54, 1.807) is 6.20 Å². The molecule has 0 aromatic carbocycles. The summed E-state index contributed by atoms with van der Waals surface area (Å²) in [7, 11) is 0. The third kappa shape index (κ3) is 2.39. The lowest BCUT2D eigenvalue weighted by molar-refractivity contribution is 0.146. The van der Waals surface area contributed by atoms with Gasteiger partial charge in [0.25, 0.3) is 0 Å². The van der Waals surface area contributed by atoms with Crippen LogP contribution in [0.2, 0.25) is 0 Å². The van der Waals surface area contributed by atoms with Crippen molar-refractivity contribution in [2.45, 2.75) is 18.9 Å². The first kappa shape index (κ1) is 8.45. The molecule has 0 spiro atoms. The van der Waals surface area contributed by atoms with Crippen molar-refractivity contribution in [3.05, 3.63) is 36.2 Å². The first-order valence-corrected chi connectivity index (χ1v) is 4.66. The number of hydrogen-bond acceptors (Lipinski definition) is 2. The van der Waals surface area contributed by atoms with E-state index in [2.05, 4.69) is 11.1 Å². The third-order valence-electron chi connectivity index (χ3n) is 2.13. The SMILES string of the molecule is C(=C\C1CCCO1)/c1ccccn1. The molecular formula is C11H13NO. The Labute approximate surface area is 78.3 Å². The molecule has 2 heterocycles. The lowest BCUT2D eigenvalue weighted by Crippen LogP contribution is -1.98. The Morgan fingerprint density at radius 3 is 3.15 bits per heavy atom. The highest BCUT2D eigenvalue weighted by Crippen LogP contribution is 2.13. The summed E-state index contributed by atoms with van der Waals surface area (Å²) >= 11 is 0. The summed E-state index contributed by atoms with van der Waals surface area (Å²) in [6, 6.07) is 5.90. The summed E-state index contributed by atoms with van der Waals surface area (Å²) in [5.74, 6) is 0. The highest BCUT2D eigenvalue weighted by atomic mass is 16.5. The first-order chi connectivity index (χ1) is 6.45. The molecule has 1 saturated heterocycles. The molecule has 1 aromatic heterocycles. The van der Waals surface area contributed by atoms with E-state index in [1.165, 1.54) is 6.42 Å². The van der Waals surface area contributed by atoms with E-state index in [1.807, 2.05) is 24.3 Å². The van der Waals surface area contributed by atoms with Gasteiger partial charge in [-0.3, -0.25) is 4.98 Å². The first-order valence-electron chi connectivity index (χ1n) is 4.66. The number of nitrogens with zero attached hydrogens (tertiary/aromatic N) is 1. The number of hydrogen-bond donors (Lipinski definition) is 0. The average molecular weight is 175 g/mol. The summed E-state index contributed by atoms with van der Waals surface area (Å²) in [6.07, 6.45) is 8.54. The fourth-order valence-electron chi connectivity index (χ4n) is 1.43. The lowest BCUT2D eigenvalue weighted by atomic mass is 10.2. The van der Waals surface area contributed by atoms with Gasteiger partial charge in [0, 0.05) is 12.8 Å². The second-order valence-electron chi connectivity index (χ2n) is 3.17. The van der Waals surface area contributed by atoms with Crippen LogP contribution in [-0.4, -0.2) is 17.7 Å². The maximum Gasteiger partial charge on any atom is 0.0760 e. The summed E-state index contributed by atoms with van der Waals surface area (Å²) in [4.78, 5) is 4.20. The third-order valence-corrected chi connectivity index (χ3v) is 2.13. The summed E-state index contributed by atoms with van der Waals surface area (Å²) in [5, 5.41) is 0. The van der Waals surface area contributed by atoms with Gasteiger partial charge in [0.2, 0.25) is 0 Å². The Bertz CT molecular complexity index is 275. The van der Waals surface area contributed by atoms with Gasteiger partial charge in [-0.05, 0) is 31.1 Å². The Balaban J connectivity index is 1.97. The van der Waals surface area contributed by atoms with E-state index < -0.39 is 0 Å². The Kier molecular flexibility index (Phi) is 2.72. The molecule has 1 aromatic rings. The largest absolute Gasteiger partial charge is 0.374 e. The summed E-state index contributed by atoms with van der Waals surface area (Å²) < 4.78 is 5.46. The highest BCUT2D eigenvalue weighted by Gasteiger charge is 2.10. The van der Waals surface area contributed by atoms with E-state index in [0.29, 0.717) is 6.10 Å². The van der Waals surface area contributed by atoms with Gasteiger partial charge in [-0.1, -0.05) is 12.1 Å². The Morgan fingerprint density at radius 1 is 1.46 bits per heavy atom. The van der Waals surface area contributed by atoms with Crippen molar-refractivity contribution in [2.75, 3.05) is 6.61 Å². The van der Waals surface area contributed by atoms with Crippen LogP contribution in [0.3, 0.4) is 0 Å². The minimum atomic E-state index is 0.307. The van der Waals surface area contributed by atoms with Gasteiger partial charge in [-0.2, -0.15) is 0 Å². The lowest BCUT2D eigenvalue weighted by Gasteiger charge is -2.00. The minimum absolute atomic E-state index is 0.307. The second kappa shape index (κ2) is 4.19. The normalized spacial score (nSPS) is 22.6. The number of aromatic nitrogens is 1. The molecule has 1 atom stereocenters. The molecule has 0 bridgehead atoms. The molecule has 0 saturated carbocycles. The predicted octanol–water partition coefficient (Wildman–Crippen LogP) is 2.27. The zero-order chi connectivity index (χ0) is 8.93. The second-order valence-corrected chi connectivity index (χ2v) is 3.17. The van der Waals surface area contributed by atoms with Crippen molar-refractivity contribution in [2.24, 2.45) is 0 Å². The molecule has 0 aliphatic carbocycles. The molecule has 1 aliphatic rings. The Morgan fingerprint density at radius 2 is 2.46 bits per heavy atom. The van der Waals surface area contributed by atoms with Crippen LogP contribution in [0, 0.1) is 0 Å². The molecule has 2 heteroatoms. The quantitative estimate of drug-likeness (QED) is 0.688. The molecule has 1 fully saturated rings. The van der Waals surface area contributed by atoms with Crippen LogP contribution in [0.1, 0.15) is 18.5 Å². The van der Waals surface area contributed by atoms with Gasteiger partial charge in [0.15, 0.2) is 0 Å². The molecule has 0 N–H and O–H groups in total. The van der Waals surface area contributed by atoms with E-state index in [4.69, 9.17) is 4.74 Å². The average Bonchev–Trinajstić information content (AvgIpc) is 2.69. The van der Waals surface area contributed by atoms with Crippen molar-refractivity contribution < 1.29 is 4.74 Å². The van der Waals surface area contributed by atoms with Gasteiger partial charge in [-0.15, -0.1) is 0 Å². The van der Waals surface area contributed by atoms with Crippen LogP contribution in [-0.2, 0) is 4.74 Å². The summed E-state index contributed by atoms with van der Waals surface area (Å²) in [5.41, 5.74) is 0.998. The topological polar surface area (TPSA) is 22.1 Å². The fraction of sp³-hybridized carbons (Fsp3) is 0.364. The van der Waals surface area contributed by atoms with Crippen molar-refractivity contribution in [3.8, 4) is 0 Å². The minimum Gasteiger partial charge on any atom is -0.374 e. The monoisotopic (exact) mass is 175 g/mol. The fourth-order valence-corrected chi connectivity index (χ4v) is 1.43. The van der Waals surface area contributed by atoms with E-state index in [0.717, 1.165) is 18.7 Å². The molecule has 0 amide bonds. The van der Waals surface area contributed by atoms with Crippen molar-refractivity contribution in [1.82, 2.24) is 4.98 Å². The van der Waals surface area contributed by atoms with Gasteiger partial charge in [0.05, 0.1) is 11.8 Å². The summed E-state index contributed by atoms with van der Waals surface area (Å²) in [6.45, 7) is 0.900. The van der Waals surface area contributed by atoms with E-state index >= 15 is 0 Å². The van der Waals surface area contributed by atoms with Crippen LogP contribution in [0.4, 0.5) is 0 Å². The molecular weight excluding hydrogens is 162 g/mol. The van der Waals surface area contributed by atoms with E-state index in [-0.39, 0.29) is 0 Å². The van der Waals surface area contributed by atoms with Crippen LogP contribution in [0.5, 0.6) is 0 Å². The van der Waals surface area contributed by atoms with Gasteiger partial charge < -0.3 is 4.74 Å². The van der Waals surface area contributed by atoms with Crippen molar-refractivity contribution >= 4 is 6.08 Å². The Hall–Kier alpha value is -1.15. The molecule has 2 rings (SSSR count). The van der Waals surface area contributed by atoms with Crippen LogP contribution < -0.4 is 0 Å². The van der Waals surface area contributed by atoms with Crippen LogP contribution in [0.15, 0.2) is 30.5 Å². The molecule has 13 heavy (non-hydrogen) atoms. The van der Waals surface area contributed by atoms with Crippen LogP contribution in [0.25, 0.3) is 6.08 Å². The van der Waals surface area contributed by atoms with Crippen molar-refractivity contribution in [3.63, 3.8) is 0 Å².